The molecule has 144 valence electrons. The minimum absolute atomic E-state index is 0.167. The highest BCUT2D eigenvalue weighted by Gasteiger charge is 2.32. The molecule has 0 aromatic rings. The van der Waals surface area contributed by atoms with Crippen LogP contribution in [-0.4, -0.2) is 101 Å². The molecule has 25 heavy (non-hydrogen) atoms. The summed E-state index contributed by atoms with van der Waals surface area (Å²) < 4.78 is 17.2. The molecule has 0 aromatic carbocycles. The van der Waals surface area contributed by atoms with Crippen LogP contribution in [-0.2, 0) is 14.2 Å². The predicted molar refractivity (Wildman–Crippen MR) is 98.1 cm³/mol. The summed E-state index contributed by atoms with van der Waals surface area (Å²) in [5.74, 6) is 1.56. The van der Waals surface area contributed by atoms with Crippen molar-refractivity contribution < 1.29 is 14.2 Å². The van der Waals surface area contributed by atoms with Gasteiger partial charge in [0, 0.05) is 52.9 Å². The van der Waals surface area contributed by atoms with E-state index in [9.17, 15) is 0 Å². The zero-order valence-corrected chi connectivity index (χ0v) is 15.8. The summed E-state index contributed by atoms with van der Waals surface area (Å²) in [5.41, 5.74) is 0. The third-order valence-electron chi connectivity index (χ3n) is 5.27. The van der Waals surface area contributed by atoms with Gasteiger partial charge in [-0.3, -0.25) is 9.89 Å². The predicted octanol–water partition coefficient (Wildman–Crippen LogP) is 0.410. The third-order valence-corrected chi connectivity index (χ3v) is 5.27. The van der Waals surface area contributed by atoms with Crippen molar-refractivity contribution in [2.24, 2.45) is 10.9 Å². The van der Waals surface area contributed by atoms with E-state index < -0.39 is 0 Å². The first kappa shape index (κ1) is 18.9. The summed E-state index contributed by atoms with van der Waals surface area (Å²) >= 11 is 0. The highest BCUT2D eigenvalue weighted by atomic mass is 16.5. The summed E-state index contributed by atoms with van der Waals surface area (Å²) in [4.78, 5) is 9.30. The normalized spacial score (nSPS) is 30.5. The van der Waals surface area contributed by atoms with Crippen LogP contribution in [0.25, 0.3) is 0 Å². The number of ether oxygens (including phenoxy) is 3. The molecular weight excluding hydrogens is 320 g/mol. The SMILES string of the molecule is CN=C(NCC(C)CN1CCOCC1)N1CCOC(C2CCCO2)C1. The molecule has 0 amide bonds. The first-order chi connectivity index (χ1) is 12.3. The summed E-state index contributed by atoms with van der Waals surface area (Å²) in [6.45, 7) is 11.5. The van der Waals surface area contributed by atoms with Crippen LogP contribution >= 0.6 is 0 Å². The van der Waals surface area contributed by atoms with E-state index in [0.717, 1.165) is 84.5 Å². The Morgan fingerprint density at radius 1 is 1.12 bits per heavy atom. The van der Waals surface area contributed by atoms with Crippen LogP contribution in [0.3, 0.4) is 0 Å². The fourth-order valence-corrected chi connectivity index (χ4v) is 3.88. The Bertz CT molecular complexity index is 423. The average Bonchev–Trinajstić information content (AvgIpc) is 3.18. The van der Waals surface area contributed by atoms with Crippen molar-refractivity contribution in [3.05, 3.63) is 0 Å². The molecular formula is C18H34N4O3. The van der Waals surface area contributed by atoms with Gasteiger partial charge in [-0.15, -0.1) is 0 Å². The second-order valence-electron chi connectivity index (χ2n) is 7.35. The fourth-order valence-electron chi connectivity index (χ4n) is 3.88. The molecule has 3 rings (SSSR count). The van der Waals surface area contributed by atoms with Gasteiger partial charge in [-0.25, -0.2) is 0 Å². The number of nitrogens with zero attached hydrogens (tertiary/aromatic N) is 3. The lowest BCUT2D eigenvalue weighted by molar-refractivity contribution is -0.0817. The van der Waals surface area contributed by atoms with Gasteiger partial charge >= 0.3 is 0 Å². The molecule has 0 saturated carbocycles. The summed E-state index contributed by atoms with van der Waals surface area (Å²) in [6, 6.07) is 0. The molecule has 0 bridgehead atoms. The molecule has 3 aliphatic rings. The minimum Gasteiger partial charge on any atom is -0.379 e. The number of nitrogens with one attached hydrogen (secondary N) is 1. The Kier molecular flexibility index (Phi) is 7.34. The maximum Gasteiger partial charge on any atom is 0.193 e. The van der Waals surface area contributed by atoms with Crippen molar-refractivity contribution in [2.45, 2.75) is 32.0 Å². The molecule has 0 radical (unpaired) electrons. The monoisotopic (exact) mass is 354 g/mol. The van der Waals surface area contributed by atoms with Crippen LogP contribution in [0, 0.1) is 5.92 Å². The molecule has 7 heteroatoms. The van der Waals surface area contributed by atoms with E-state index in [2.05, 4.69) is 27.0 Å². The average molecular weight is 354 g/mol. The van der Waals surface area contributed by atoms with Gasteiger partial charge in [0.05, 0.1) is 25.9 Å². The van der Waals surface area contributed by atoms with E-state index in [1.807, 2.05) is 7.05 Å². The van der Waals surface area contributed by atoms with Crippen LogP contribution < -0.4 is 5.32 Å². The Labute approximate surface area is 151 Å². The van der Waals surface area contributed by atoms with Gasteiger partial charge < -0.3 is 24.4 Å². The van der Waals surface area contributed by atoms with Gasteiger partial charge in [-0.1, -0.05) is 6.92 Å². The number of hydrogen-bond acceptors (Lipinski definition) is 5. The molecule has 1 N–H and O–H groups in total. The van der Waals surface area contributed by atoms with Gasteiger partial charge in [0.1, 0.15) is 6.10 Å². The van der Waals surface area contributed by atoms with Crippen molar-refractivity contribution in [1.82, 2.24) is 15.1 Å². The number of aliphatic imine (C=N–C) groups is 1. The lowest BCUT2D eigenvalue weighted by atomic mass is 10.1. The molecule has 0 aliphatic carbocycles. The molecule has 7 nitrogen and oxygen atoms in total. The van der Waals surface area contributed by atoms with Gasteiger partial charge in [0.2, 0.25) is 0 Å². The van der Waals surface area contributed by atoms with E-state index in [4.69, 9.17) is 14.2 Å². The highest BCUT2D eigenvalue weighted by molar-refractivity contribution is 5.80. The quantitative estimate of drug-likeness (QED) is 0.570. The van der Waals surface area contributed by atoms with Crippen molar-refractivity contribution in [2.75, 3.05) is 72.7 Å². The fraction of sp³-hybridized carbons (Fsp3) is 0.944. The first-order valence-electron chi connectivity index (χ1n) is 9.75. The van der Waals surface area contributed by atoms with E-state index in [-0.39, 0.29) is 12.2 Å². The second-order valence-corrected chi connectivity index (χ2v) is 7.35. The number of hydrogen-bond donors (Lipinski definition) is 1. The second kappa shape index (κ2) is 9.71. The number of guanidine groups is 1. The topological polar surface area (TPSA) is 58.6 Å². The van der Waals surface area contributed by atoms with E-state index in [1.54, 1.807) is 0 Å². The largest absolute Gasteiger partial charge is 0.379 e. The molecule has 0 spiro atoms. The highest BCUT2D eigenvalue weighted by Crippen LogP contribution is 2.21. The zero-order valence-electron chi connectivity index (χ0n) is 15.8. The van der Waals surface area contributed by atoms with Gasteiger partial charge in [0.25, 0.3) is 0 Å². The van der Waals surface area contributed by atoms with Crippen LogP contribution in [0.4, 0.5) is 0 Å². The van der Waals surface area contributed by atoms with Crippen molar-refractivity contribution in [3.63, 3.8) is 0 Å². The lowest BCUT2D eigenvalue weighted by Crippen LogP contribution is -2.54. The van der Waals surface area contributed by atoms with Crippen LogP contribution in [0.2, 0.25) is 0 Å². The number of rotatable bonds is 5. The summed E-state index contributed by atoms with van der Waals surface area (Å²) in [7, 11) is 1.87. The molecule has 3 aliphatic heterocycles. The standard InChI is InChI=1S/C18H34N4O3/c1-15(13-21-5-9-23-10-6-21)12-20-18(19-2)22-7-11-25-17(14-22)16-4-3-8-24-16/h15-17H,3-14H2,1-2H3,(H,19,20). The van der Waals surface area contributed by atoms with E-state index >= 15 is 0 Å². The smallest absolute Gasteiger partial charge is 0.193 e. The van der Waals surface area contributed by atoms with Gasteiger partial charge in [-0.05, 0) is 18.8 Å². The van der Waals surface area contributed by atoms with Crippen molar-refractivity contribution in [3.8, 4) is 0 Å². The third kappa shape index (κ3) is 5.54. The van der Waals surface area contributed by atoms with Crippen LogP contribution in [0.1, 0.15) is 19.8 Å². The minimum atomic E-state index is 0.167. The maximum absolute atomic E-state index is 5.94. The molecule has 3 atom stereocenters. The van der Waals surface area contributed by atoms with E-state index in [1.165, 1.54) is 0 Å². The summed E-state index contributed by atoms with van der Waals surface area (Å²) in [6.07, 6.45) is 2.68. The first-order valence-corrected chi connectivity index (χ1v) is 9.75. The molecule has 3 heterocycles. The van der Waals surface area contributed by atoms with Gasteiger partial charge in [0.15, 0.2) is 5.96 Å². The Morgan fingerprint density at radius 2 is 1.92 bits per heavy atom. The molecule has 3 saturated heterocycles. The van der Waals surface area contributed by atoms with Crippen molar-refractivity contribution in [1.29, 1.82) is 0 Å². The molecule has 3 fully saturated rings. The van der Waals surface area contributed by atoms with Crippen LogP contribution in [0.5, 0.6) is 0 Å². The number of morpholine rings is 2. The maximum atomic E-state index is 5.94. The Hall–Kier alpha value is -0.890. The van der Waals surface area contributed by atoms with E-state index in [0.29, 0.717) is 5.92 Å². The van der Waals surface area contributed by atoms with Gasteiger partial charge in [-0.2, -0.15) is 0 Å². The molecule has 0 aromatic heterocycles. The van der Waals surface area contributed by atoms with Crippen LogP contribution in [0.15, 0.2) is 4.99 Å². The lowest BCUT2D eigenvalue weighted by Gasteiger charge is -2.37. The van der Waals surface area contributed by atoms with Crippen molar-refractivity contribution >= 4 is 5.96 Å². The molecule has 3 unspecified atom stereocenters. The Balaban J connectivity index is 1.43. The zero-order chi connectivity index (χ0) is 17.5. The summed E-state index contributed by atoms with van der Waals surface area (Å²) in [5, 5.41) is 3.56. The Morgan fingerprint density at radius 3 is 2.64 bits per heavy atom.